The van der Waals surface area contributed by atoms with Crippen LogP contribution in [0.5, 0.6) is 0 Å². The summed E-state index contributed by atoms with van der Waals surface area (Å²) in [7, 11) is -5.44. The van der Waals surface area contributed by atoms with Crippen molar-refractivity contribution in [2.45, 2.75) is 0 Å². The Labute approximate surface area is 83.2 Å². The van der Waals surface area contributed by atoms with Crippen molar-refractivity contribution in [1.29, 1.82) is 0 Å². The number of hydrogen-bond acceptors (Lipinski definition) is 6. The first-order valence-corrected chi connectivity index (χ1v) is 6.71. The van der Waals surface area contributed by atoms with Crippen LogP contribution in [0.15, 0.2) is 0 Å². The monoisotopic (exact) mass is 242 g/mol. The van der Waals surface area contributed by atoms with E-state index in [1.807, 2.05) is 5.92 Å². The van der Waals surface area contributed by atoms with Crippen molar-refractivity contribution in [2.24, 2.45) is 0 Å². The minimum Gasteiger partial charge on any atom is -0.311 e. The van der Waals surface area contributed by atoms with Gasteiger partial charge in [-0.3, -0.25) is 8.75 Å². The molecule has 6 nitrogen and oxygen atoms in total. The molecule has 0 atom stereocenters. The first-order chi connectivity index (χ1) is 6.39. The predicted molar refractivity (Wildman–Crippen MR) is 50.2 cm³/mol. The van der Waals surface area contributed by atoms with Crippen LogP contribution in [0.25, 0.3) is 0 Å². The van der Waals surface area contributed by atoms with Gasteiger partial charge in [0.25, 0.3) is 10.1 Å². The van der Waals surface area contributed by atoms with E-state index in [1.54, 1.807) is 0 Å². The Balaban J connectivity index is 4.51. The fourth-order valence-electron chi connectivity index (χ4n) is 0.535. The van der Waals surface area contributed by atoms with E-state index in [0.29, 0.717) is 0 Å². The van der Waals surface area contributed by atoms with E-state index >= 15 is 0 Å². The molecule has 0 aromatic rings. The lowest BCUT2D eigenvalue weighted by atomic mass is 10.8. The van der Waals surface area contributed by atoms with Crippen molar-refractivity contribution in [1.82, 2.24) is 0 Å². The zero-order chi connectivity index (χ0) is 11.2. The Hall–Kier alpha value is -0.380. The highest BCUT2D eigenvalue weighted by Crippen LogP contribution is 2.47. The Bertz CT molecular complexity index is 345. The van der Waals surface area contributed by atoms with Gasteiger partial charge >= 0.3 is 7.60 Å². The third-order valence-electron chi connectivity index (χ3n) is 1.19. The molecule has 0 aromatic heterocycles. The fraction of sp³-hybridized carbons (Fsp3) is 0.667. The first-order valence-electron chi connectivity index (χ1n) is 3.40. The molecule has 14 heavy (non-hydrogen) atoms. The average molecular weight is 242 g/mol. The van der Waals surface area contributed by atoms with Crippen LogP contribution in [0.4, 0.5) is 0 Å². The van der Waals surface area contributed by atoms with E-state index in [1.165, 1.54) is 0 Å². The summed E-state index contributed by atoms with van der Waals surface area (Å²) in [6.45, 7) is -0.407. The molecule has 82 valence electrons. The predicted octanol–water partition coefficient (Wildman–Crippen LogP) is 0.409. The molecule has 0 rings (SSSR count). The number of terminal acetylenes is 1. The van der Waals surface area contributed by atoms with E-state index in [4.69, 9.17) is 6.42 Å². The van der Waals surface area contributed by atoms with E-state index in [-0.39, 0.29) is 0 Å². The fourth-order valence-corrected chi connectivity index (χ4v) is 3.62. The molecular formula is C6H11O6PS. The summed E-state index contributed by atoms with van der Waals surface area (Å²) in [5, 5.41) is 0. The zero-order valence-corrected chi connectivity index (χ0v) is 9.51. The van der Waals surface area contributed by atoms with Crippen molar-refractivity contribution in [3.63, 3.8) is 0 Å². The highest BCUT2D eigenvalue weighted by atomic mass is 32.2. The van der Waals surface area contributed by atoms with Crippen molar-refractivity contribution in [3.05, 3.63) is 0 Å². The van der Waals surface area contributed by atoms with Gasteiger partial charge in [-0.15, -0.1) is 6.42 Å². The summed E-state index contributed by atoms with van der Waals surface area (Å²) < 4.78 is 46.7. The molecule has 0 amide bonds. The third-order valence-corrected chi connectivity index (χ3v) is 5.31. The molecule has 0 aliphatic carbocycles. The summed E-state index contributed by atoms with van der Waals surface area (Å²) >= 11 is 0. The van der Waals surface area contributed by atoms with Gasteiger partial charge in [0.2, 0.25) is 0 Å². The van der Waals surface area contributed by atoms with Crippen LogP contribution >= 0.6 is 7.60 Å². The van der Waals surface area contributed by atoms with E-state index < -0.39 is 29.8 Å². The summed E-state index contributed by atoms with van der Waals surface area (Å²) in [4.78, 5) is 0. The summed E-state index contributed by atoms with van der Waals surface area (Å²) in [6, 6.07) is 0. The lowest BCUT2D eigenvalue weighted by molar-refractivity contribution is 0.278. The molecular weight excluding hydrogens is 231 g/mol. The SMILES string of the molecule is C#CCOS(=O)(=O)CP(=O)(OC)OC. The molecule has 0 aliphatic heterocycles. The average Bonchev–Trinajstić information content (AvgIpc) is 2.14. The summed E-state index contributed by atoms with van der Waals surface area (Å²) in [6.07, 6.45) is 4.79. The molecule has 0 aliphatic rings. The molecule has 0 fully saturated rings. The van der Waals surface area contributed by atoms with Gasteiger partial charge in [0.15, 0.2) is 5.49 Å². The summed E-state index contributed by atoms with van der Waals surface area (Å²) in [5.74, 6) is 1.97. The molecule has 0 bridgehead atoms. The maximum atomic E-state index is 11.4. The van der Waals surface area contributed by atoms with Gasteiger partial charge in [0, 0.05) is 14.2 Å². The highest BCUT2D eigenvalue weighted by Gasteiger charge is 2.30. The molecule has 0 N–H and O–H groups in total. The molecule has 0 spiro atoms. The maximum Gasteiger partial charge on any atom is 0.347 e. The van der Waals surface area contributed by atoms with Gasteiger partial charge in [-0.25, -0.2) is 0 Å². The maximum absolute atomic E-state index is 11.4. The summed E-state index contributed by atoms with van der Waals surface area (Å²) in [5.41, 5.74) is -0.852. The van der Waals surface area contributed by atoms with Crippen LogP contribution < -0.4 is 0 Å². The van der Waals surface area contributed by atoms with Crippen molar-refractivity contribution >= 4 is 17.7 Å². The second-order valence-corrected chi connectivity index (χ2v) is 6.47. The minimum absolute atomic E-state index is 0.407. The van der Waals surface area contributed by atoms with Crippen LogP contribution in [-0.2, 0) is 27.9 Å². The number of hydrogen-bond donors (Lipinski definition) is 0. The van der Waals surface area contributed by atoms with Gasteiger partial charge < -0.3 is 9.05 Å². The van der Waals surface area contributed by atoms with E-state index in [2.05, 4.69) is 13.2 Å². The quantitative estimate of drug-likeness (QED) is 0.381. The molecule has 0 saturated heterocycles. The molecule has 0 aromatic carbocycles. The lowest BCUT2D eigenvalue weighted by Crippen LogP contribution is -2.12. The second-order valence-electron chi connectivity index (χ2n) is 2.13. The van der Waals surface area contributed by atoms with E-state index in [0.717, 1.165) is 14.2 Å². The van der Waals surface area contributed by atoms with Gasteiger partial charge in [-0.05, 0) is 0 Å². The Kier molecular flexibility index (Phi) is 5.34. The Morgan fingerprint density at radius 3 is 2.21 bits per heavy atom. The van der Waals surface area contributed by atoms with Crippen LogP contribution in [0, 0.1) is 12.3 Å². The zero-order valence-electron chi connectivity index (χ0n) is 7.80. The van der Waals surface area contributed by atoms with Crippen molar-refractivity contribution in [3.8, 4) is 12.3 Å². The molecule has 0 saturated carbocycles. The Morgan fingerprint density at radius 2 is 1.86 bits per heavy atom. The van der Waals surface area contributed by atoms with Gasteiger partial charge in [-0.2, -0.15) is 8.42 Å². The molecule has 0 radical (unpaired) electrons. The van der Waals surface area contributed by atoms with E-state index in [9.17, 15) is 13.0 Å². The molecule has 8 heteroatoms. The van der Waals surface area contributed by atoms with Crippen molar-refractivity contribution in [2.75, 3.05) is 26.3 Å². The van der Waals surface area contributed by atoms with Gasteiger partial charge in [0.1, 0.15) is 6.61 Å². The standard InChI is InChI=1S/C6H11O6PS/c1-4-5-12-14(8,9)6-13(7,10-2)11-3/h1H,5-6H2,2-3H3. The van der Waals surface area contributed by atoms with Crippen LogP contribution in [0.1, 0.15) is 0 Å². The normalized spacial score (nSPS) is 12.4. The molecule has 0 heterocycles. The van der Waals surface area contributed by atoms with Crippen molar-refractivity contribution < 1.29 is 26.2 Å². The van der Waals surface area contributed by atoms with Gasteiger partial charge in [0.05, 0.1) is 0 Å². The Morgan fingerprint density at radius 1 is 1.36 bits per heavy atom. The second kappa shape index (κ2) is 5.49. The molecule has 0 unspecified atom stereocenters. The highest BCUT2D eigenvalue weighted by molar-refractivity contribution is 7.93. The lowest BCUT2D eigenvalue weighted by Gasteiger charge is -2.12. The van der Waals surface area contributed by atoms with Crippen LogP contribution in [0.2, 0.25) is 0 Å². The van der Waals surface area contributed by atoms with Crippen LogP contribution in [-0.4, -0.2) is 34.7 Å². The third kappa shape index (κ3) is 4.74. The largest absolute Gasteiger partial charge is 0.347 e. The first kappa shape index (κ1) is 13.6. The van der Waals surface area contributed by atoms with Crippen LogP contribution in [0.3, 0.4) is 0 Å². The minimum atomic E-state index is -3.98. The number of rotatable bonds is 6. The van der Waals surface area contributed by atoms with Gasteiger partial charge in [-0.1, -0.05) is 5.92 Å². The smallest absolute Gasteiger partial charge is 0.311 e. The topological polar surface area (TPSA) is 78.9 Å².